The van der Waals surface area contributed by atoms with Crippen molar-refractivity contribution in [2.75, 3.05) is 13.1 Å². The third kappa shape index (κ3) is 3.06. The molecule has 2 heterocycles. The first-order valence-corrected chi connectivity index (χ1v) is 8.62. The third-order valence-electron chi connectivity index (χ3n) is 4.77. The summed E-state index contributed by atoms with van der Waals surface area (Å²) in [5.74, 6) is 0.757. The van der Waals surface area contributed by atoms with Crippen LogP contribution in [-0.2, 0) is 11.3 Å². The molecule has 0 spiro atoms. The molecule has 2 aromatic rings. The van der Waals surface area contributed by atoms with Crippen LogP contribution in [0.1, 0.15) is 24.8 Å². The zero-order chi connectivity index (χ0) is 15.8. The van der Waals surface area contributed by atoms with E-state index in [9.17, 15) is 4.79 Å². The van der Waals surface area contributed by atoms with Crippen LogP contribution in [0.4, 0.5) is 0 Å². The quantitative estimate of drug-likeness (QED) is 0.917. The second-order valence-electron chi connectivity index (χ2n) is 6.58. The van der Waals surface area contributed by atoms with E-state index in [-0.39, 0.29) is 0 Å². The highest BCUT2D eigenvalue weighted by Gasteiger charge is 2.38. The Morgan fingerprint density at radius 2 is 2.17 bits per heavy atom. The minimum absolute atomic E-state index is 0.331. The SMILES string of the molecule is O=C1C[C@H](CNCc2ccc(Cl)c3cccnc23)CN1C1CC1. The summed E-state index contributed by atoms with van der Waals surface area (Å²) in [5.41, 5.74) is 2.10. The number of pyridine rings is 1. The first-order valence-electron chi connectivity index (χ1n) is 8.24. The van der Waals surface area contributed by atoms with Crippen LogP contribution in [0.15, 0.2) is 30.5 Å². The van der Waals surface area contributed by atoms with Crippen molar-refractivity contribution in [3.63, 3.8) is 0 Å². The van der Waals surface area contributed by atoms with Crippen molar-refractivity contribution in [2.24, 2.45) is 5.92 Å². The van der Waals surface area contributed by atoms with Crippen molar-refractivity contribution in [3.05, 3.63) is 41.0 Å². The predicted octanol–water partition coefficient (Wildman–Crippen LogP) is 2.99. The average Bonchev–Trinajstić information content (AvgIpc) is 3.33. The second kappa shape index (κ2) is 6.10. The van der Waals surface area contributed by atoms with Crippen LogP contribution in [0, 0.1) is 5.92 Å². The number of rotatable bonds is 5. The number of nitrogens with zero attached hydrogens (tertiary/aromatic N) is 2. The van der Waals surface area contributed by atoms with Gasteiger partial charge in [-0.3, -0.25) is 9.78 Å². The fourth-order valence-corrected chi connectivity index (χ4v) is 3.65. The first-order chi connectivity index (χ1) is 11.2. The van der Waals surface area contributed by atoms with Crippen molar-refractivity contribution in [3.8, 4) is 0 Å². The van der Waals surface area contributed by atoms with Crippen LogP contribution in [-0.4, -0.2) is 34.9 Å². The number of benzene rings is 1. The summed E-state index contributed by atoms with van der Waals surface area (Å²) in [6.07, 6.45) is 4.86. The number of carbonyl (C=O) groups excluding carboxylic acids is 1. The van der Waals surface area contributed by atoms with Gasteiger partial charge in [0.25, 0.3) is 0 Å². The van der Waals surface area contributed by atoms with Gasteiger partial charge in [-0.15, -0.1) is 0 Å². The van der Waals surface area contributed by atoms with Crippen LogP contribution in [0.25, 0.3) is 10.9 Å². The maximum absolute atomic E-state index is 12.0. The van der Waals surface area contributed by atoms with E-state index in [2.05, 4.69) is 15.2 Å². The molecule has 1 atom stereocenters. The Morgan fingerprint density at radius 3 is 3.00 bits per heavy atom. The fraction of sp³-hybridized carbons (Fsp3) is 0.444. The highest BCUT2D eigenvalue weighted by atomic mass is 35.5. The summed E-state index contributed by atoms with van der Waals surface area (Å²) in [6, 6.07) is 8.40. The molecule has 1 saturated heterocycles. The van der Waals surface area contributed by atoms with Gasteiger partial charge in [0, 0.05) is 48.7 Å². The number of likely N-dealkylation sites (tertiary alicyclic amines) is 1. The third-order valence-corrected chi connectivity index (χ3v) is 5.10. The molecule has 120 valence electrons. The molecule has 0 unspecified atom stereocenters. The maximum Gasteiger partial charge on any atom is 0.223 e. The first kappa shape index (κ1) is 14.9. The minimum Gasteiger partial charge on any atom is -0.339 e. The average molecular weight is 330 g/mol. The van der Waals surface area contributed by atoms with Crippen molar-refractivity contribution < 1.29 is 4.79 Å². The lowest BCUT2D eigenvalue weighted by molar-refractivity contribution is -0.128. The molecule has 1 aliphatic carbocycles. The van der Waals surface area contributed by atoms with E-state index in [1.807, 2.05) is 24.3 Å². The number of hydrogen-bond acceptors (Lipinski definition) is 3. The number of carbonyl (C=O) groups is 1. The summed E-state index contributed by atoms with van der Waals surface area (Å²) >= 11 is 6.23. The van der Waals surface area contributed by atoms with Gasteiger partial charge in [-0.25, -0.2) is 0 Å². The normalized spacial score (nSPS) is 21.3. The lowest BCUT2D eigenvalue weighted by atomic mass is 10.1. The Labute approximate surface area is 140 Å². The van der Waals surface area contributed by atoms with Crippen LogP contribution in [0.5, 0.6) is 0 Å². The summed E-state index contributed by atoms with van der Waals surface area (Å²) in [6.45, 7) is 2.53. The van der Waals surface area contributed by atoms with E-state index in [1.165, 1.54) is 12.8 Å². The number of hydrogen-bond donors (Lipinski definition) is 1. The predicted molar refractivity (Wildman–Crippen MR) is 91.3 cm³/mol. The molecule has 2 fully saturated rings. The van der Waals surface area contributed by atoms with E-state index in [0.29, 0.717) is 24.3 Å². The molecule has 5 heteroatoms. The van der Waals surface area contributed by atoms with Crippen LogP contribution < -0.4 is 5.32 Å². The summed E-state index contributed by atoms with van der Waals surface area (Å²) in [4.78, 5) is 18.5. The maximum atomic E-state index is 12.0. The fourth-order valence-electron chi connectivity index (χ4n) is 3.43. The van der Waals surface area contributed by atoms with Crippen LogP contribution >= 0.6 is 11.6 Å². The lowest BCUT2D eigenvalue weighted by Gasteiger charge is -2.16. The molecule has 1 amide bonds. The number of halogens is 1. The van der Waals surface area contributed by atoms with Crippen LogP contribution in [0.2, 0.25) is 5.02 Å². The molecule has 0 bridgehead atoms. The molecule has 2 aliphatic rings. The van der Waals surface area contributed by atoms with E-state index in [4.69, 9.17) is 11.6 Å². The number of aromatic nitrogens is 1. The van der Waals surface area contributed by atoms with Crippen molar-refractivity contribution in [2.45, 2.75) is 31.8 Å². The smallest absolute Gasteiger partial charge is 0.223 e. The molecule has 1 saturated carbocycles. The van der Waals surface area contributed by atoms with E-state index in [0.717, 1.165) is 41.1 Å². The van der Waals surface area contributed by atoms with Gasteiger partial charge in [-0.2, -0.15) is 0 Å². The Bertz CT molecular complexity index is 744. The van der Waals surface area contributed by atoms with Gasteiger partial charge in [0.2, 0.25) is 5.91 Å². The van der Waals surface area contributed by atoms with Gasteiger partial charge in [-0.05, 0) is 42.5 Å². The summed E-state index contributed by atoms with van der Waals surface area (Å²) in [7, 11) is 0. The molecule has 4 rings (SSSR count). The summed E-state index contributed by atoms with van der Waals surface area (Å²) in [5, 5.41) is 5.22. The Balaban J connectivity index is 1.38. The molecular weight excluding hydrogens is 310 g/mol. The number of amides is 1. The van der Waals surface area contributed by atoms with Crippen molar-refractivity contribution in [1.29, 1.82) is 0 Å². The Hall–Kier alpha value is -1.65. The highest BCUT2D eigenvalue weighted by Crippen LogP contribution is 2.32. The second-order valence-corrected chi connectivity index (χ2v) is 6.99. The molecular formula is C18H20ClN3O. The zero-order valence-electron chi connectivity index (χ0n) is 13.0. The van der Waals surface area contributed by atoms with E-state index in [1.54, 1.807) is 6.20 Å². The van der Waals surface area contributed by atoms with Crippen LogP contribution in [0.3, 0.4) is 0 Å². The largest absolute Gasteiger partial charge is 0.339 e. The molecule has 0 radical (unpaired) electrons. The lowest BCUT2D eigenvalue weighted by Crippen LogP contribution is -2.29. The van der Waals surface area contributed by atoms with Crippen molar-refractivity contribution >= 4 is 28.4 Å². The van der Waals surface area contributed by atoms with Gasteiger partial charge in [0.05, 0.1) is 5.52 Å². The molecule has 1 aliphatic heterocycles. The van der Waals surface area contributed by atoms with E-state index < -0.39 is 0 Å². The van der Waals surface area contributed by atoms with Gasteiger partial charge in [0.1, 0.15) is 0 Å². The topological polar surface area (TPSA) is 45.2 Å². The highest BCUT2D eigenvalue weighted by molar-refractivity contribution is 6.35. The van der Waals surface area contributed by atoms with Gasteiger partial charge in [-0.1, -0.05) is 17.7 Å². The number of fused-ring (bicyclic) bond motifs is 1. The Morgan fingerprint density at radius 1 is 1.30 bits per heavy atom. The minimum atomic E-state index is 0.331. The number of nitrogens with one attached hydrogen (secondary N) is 1. The van der Waals surface area contributed by atoms with E-state index >= 15 is 0 Å². The molecule has 1 N–H and O–H groups in total. The van der Waals surface area contributed by atoms with Gasteiger partial charge < -0.3 is 10.2 Å². The van der Waals surface area contributed by atoms with Gasteiger partial charge in [0.15, 0.2) is 0 Å². The van der Waals surface area contributed by atoms with Crippen molar-refractivity contribution in [1.82, 2.24) is 15.2 Å². The Kier molecular flexibility index (Phi) is 3.95. The monoisotopic (exact) mass is 329 g/mol. The molecule has 1 aromatic heterocycles. The molecule has 4 nitrogen and oxygen atoms in total. The molecule has 1 aromatic carbocycles. The summed E-state index contributed by atoms with van der Waals surface area (Å²) < 4.78 is 0. The standard InChI is InChI=1S/C18H20ClN3O/c19-16-6-3-13(18-15(16)2-1-7-21-18)10-20-9-12-8-17(23)22(11-12)14-4-5-14/h1-3,6-7,12,14,20H,4-5,8-11H2/t12-/m1/s1. The van der Waals surface area contributed by atoms with Gasteiger partial charge >= 0.3 is 0 Å². The zero-order valence-corrected chi connectivity index (χ0v) is 13.7. The molecule has 23 heavy (non-hydrogen) atoms.